The topological polar surface area (TPSA) is 0 Å². The largest absolute Gasteiger partial charge is 0.0991 e. The lowest BCUT2D eigenvalue weighted by Crippen LogP contribution is -1.97. The van der Waals surface area contributed by atoms with Gasteiger partial charge in [-0.2, -0.15) is 0 Å². The molecule has 0 radical (unpaired) electrons. The lowest BCUT2D eigenvalue weighted by atomic mass is 9.88. The number of hydrogen-bond acceptors (Lipinski definition) is 0. The summed E-state index contributed by atoms with van der Waals surface area (Å²) in [5.41, 5.74) is 4.00. The molecule has 0 nitrogen and oxygen atoms in total. The van der Waals surface area contributed by atoms with Crippen LogP contribution in [0.4, 0.5) is 0 Å². The quantitative estimate of drug-likeness (QED) is 0.432. The molecule has 0 saturated heterocycles. The predicted molar refractivity (Wildman–Crippen MR) is 97.0 cm³/mol. The van der Waals surface area contributed by atoms with E-state index in [1.54, 1.807) is 0 Å². The number of benzene rings is 2. The molecule has 2 aromatic rings. The Morgan fingerprint density at radius 1 is 1.15 bits per heavy atom. The molecular formula is C19H19I. The Morgan fingerprint density at radius 2 is 1.90 bits per heavy atom. The molecule has 1 unspecified atom stereocenters. The molecular weight excluding hydrogens is 355 g/mol. The van der Waals surface area contributed by atoms with E-state index in [1.807, 2.05) is 12.2 Å². The fraction of sp³-hybridized carbons (Fsp3) is 0.158. The van der Waals surface area contributed by atoms with Gasteiger partial charge < -0.3 is 0 Å². The predicted octanol–water partition coefficient (Wildman–Crippen LogP) is 6.19. The monoisotopic (exact) mass is 374 g/mol. The molecule has 0 bridgehead atoms. The normalized spacial score (nSPS) is 12.5. The van der Waals surface area contributed by atoms with E-state index in [-0.39, 0.29) is 0 Å². The van der Waals surface area contributed by atoms with Crippen LogP contribution in [-0.2, 0) is 0 Å². The van der Waals surface area contributed by atoms with Crippen LogP contribution in [-0.4, -0.2) is 0 Å². The third-order valence-corrected chi connectivity index (χ3v) is 4.09. The average molecular weight is 374 g/mol. The first kappa shape index (κ1) is 15.0. The Balaban J connectivity index is 2.53. The van der Waals surface area contributed by atoms with Gasteiger partial charge in [-0.05, 0) is 57.8 Å². The second-order valence-corrected chi connectivity index (χ2v) is 5.98. The van der Waals surface area contributed by atoms with Crippen LogP contribution in [0.5, 0.6) is 0 Å². The first-order valence-corrected chi connectivity index (χ1v) is 7.98. The average Bonchev–Trinajstić information content (AvgIpc) is 2.49. The Morgan fingerprint density at radius 3 is 2.55 bits per heavy atom. The lowest BCUT2D eigenvalue weighted by Gasteiger charge is -2.17. The van der Waals surface area contributed by atoms with Crippen molar-refractivity contribution in [3.8, 4) is 11.1 Å². The minimum Gasteiger partial charge on any atom is -0.0991 e. The van der Waals surface area contributed by atoms with Crippen molar-refractivity contribution in [2.75, 3.05) is 0 Å². The van der Waals surface area contributed by atoms with Crippen molar-refractivity contribution >= 4 is 22.6 Å². The molecule has 0 aliphatic carbocycles. The van der Waals surface area contributed by atoms with E-state index in [1.165, 1.54) is 20.3 Å². The molecule has 0 heterocycles. The fourth-order valence-corrected chi connectivity index (χ4v) is 2.91. The first-order chi connectivity index (χ1) is 9.76. The van der Waals surface area contributed by atoms with E-state index >= 15 is 0 Å². The second kappa shape index (κ2) is 7.44. The van der Waals surface area contributed by atoms with Crippen molar-refractivity contribution in [2.24, 2.45) is 0 Å². The summed E-state index contributed by atoms with van der Waals surface area (Å²) >= 11 is 2.38. The lowest BCUT2D eigenvalue weighted by molar-refractivity contribution is 0.806. The van der Waals surface area contributed by atoms with Crippen LogP contribution < -0.4 is 0 Å². The van der Waals surface area contributed by atoms with E-state index in [0.29, 0.717) is 5.92 Å². The van der Waals surface area contributed by atoms with Gasteiger partial charge in [0.2, 0.25) is 0 Å². The molecule has 20 heavy (non-hydrogen) atoms. The van der Waals surface area contributed by atoms with Crippen LogP contribution in [0.1, 0.15) is 24.8 Å². The summed E-state index contributed by atoms with van der Waals surface area (Å²) < 4.78 is 1.28. The first-order valence-electron chi connectivity index (χ1n) is 6.90. The molecule has 0 amide bonds. The summed E-state index contributed by atoms with van der Waals surface area (Å²) in [4.78, 5) is 0. The highest BCUT2D eigenvalue weighted by molar-refractivity contribution is 14.1. The van der Waals surface area contributed by atoms with E-state index in [2.05, 4.69) is 90.7 Å². The van der Waals surface area contributed by atoms with Crippen LogP contribution in [0.15, 0.2) is 73.3 Å². The minimum atomic E-state index is 0.429. The molecule has 1 atom stereocenters. The van der Waals surface area contributed by atoms with Gasteiger partial charge in [0.05, 0.1) is 0 Å². The van der Waals surface area contributed by atoms with Gasteiger partial charge in [0, 0.05) is 9.49 Å². The van der Waals surface area contributed by atoms with Gasteiger partial charge in [-0.25, -0.2) is 0 Å². The molecule has 0 aromatic heterocycles. The maximum absolute atomic E-state index is 3.77. The van der Waals surface area contributed by atoms with Gasteiger partial charge in [-0.15, -0.1) is 0 Å². The number of allylic oxidation sites excluding steroid dienone is 3. The molecule has 102 valence electrons. The van der Waals surface area contributed by atoms with E-state index in [0.717, 1.165) is 6.42 Å². The summed E-state index contributed by atoms with van der Waals surface area (Å²) in [5.74, 6) is 0.429. The van der Waals surface area contributed by atoms with Crippen LogP contribution in [0.3, 0.4) is 0 Å². The van der Waals surface area contributed by atoms with Crippen molar-refractivity contribution in [1.82, 2.24) is 0 Å². The van der Waals surface area contributed by atoms with E-state index < -0.39 is 0 Å². The maximum Gasteiger partial charge on any atom is 0.0133 e. The van der Waals surface area contributed by atoms with Crippen molar-refractivity contribution in [1.29, 1.82) is 0 Å². The molecule has 1 heteroatoms. The highest BCUT2D eigenvalue weighted by atomic mass is 127. The van der Waals surface area contributed by atoms with Crippen LogP contribution in [0.2, 0.25) is 0 Å². The molecule has 0 spiro atoms. The molecule has 0 N–H and O–H groups in total. The summed E-state index contributed by atoms with van der Waals surface area (Å²) in [6.07, 6.45) is 7.22. The van der Waals surface area contributed by atoms with Crippen LogP contribution >= 0.6 is 22.6 Å². The molecule has 2 rings (SSSR count). The van der Waals surface area contributed by atoms with Crippen molar-refractivity contribution in [2.45, 2.75) is 19.3 Å². The van der Waals surface area contributed by atoms with Crippen LogP contribution in [0.25, 0.3) is 11.1 Å². The van der Waals surface area contributed by atoms with E-state index in [4.69, 9.17) is 0 Å². The molecule has 0 aliphatic rings. The number of halogens is 1. The smallest absolute Gasteiger partial charge is 0.0133 e. The SMILES string of the molecule is C=C/C=C\C(CC)c1cc(I)ccc1-c1ccccc1. The molecule has 0 saturated carbocycles. The third kappa shape index (κ3) is 3.60. The third-order valence-electron chi connectivity index (χ3n) is 3.42. The van der Waals surface area contributed by atoms with Crippen molar-refractivity contribution in [3.63, 3.8) is 0 Å². The maximum atomic E-state index is 3.77. The Bertz CT molecular complexity index is 596. The van der Waals surface area contributed by atoms with E-state index in [9.17, 15) is 0 Å². The fourth-order valence-electron chi connectivity index (χ4n) is 2.39. The standard InChI is InChI=1S/C19H19I/c1-3-5-9-15(4-2)19-14-17(20)12-13-18(19)16-10-7-6-8-11-16/h3,5-15H,1,4H2,2H3/b9-5-. The zero-order valence-corrected chi connectivity index (χ0v) is 13.9. The summed E-state index contributed by atoms with van der Waals surface area (Å²) in [6, 6.07) is 17.3. The summed E-state index contributed by atoms with van der Waals surface area (Å²) in [6.45, 7) is 6.00. The Kier molecular flexibility index (Phi) is 5.60. The molecule has 2 aromatic carbocycles. The number of hydrogen-bond donors (Lipinski definition) is 0. The highest BCUT2D eigenvalue weighted by Gasteiger charge is 2.12. The highest BCUT2D eigenvalue weighted by Crippen LogP contribution is 2.33. The zero-order valence-electron chi connectivity index (χ0n) is 11.7. The van der Waals surface area contributed by atoms with Gasteiger partial charge >= 0.3 is 0 Å². The van der Waals surface area contributed by atoms with Gasteiger partial charge in [-0.3, -0.25) is 0 Å². The summed E-state index contributed by atoms with van der Waals surface area (Å²) in [7, 11) is 0. The zero-order chi connectivity index (χ0) is 14.4. The van der Waals surface area contributed by atoms with Gasteiger partial charge in [0.25, 0.3) is 0 Å². The van der Waals surface area contributed by atoms with Crippen molar-refractivity contribution < 1.29 is 0 Å². The summed E-state index contributed by atoms with van der Waals surface area (Å²) in [5, 5.41) is 0. The Labute approximate surface area is 135 Å². The molecule has 0 aliphatic heterocycles. The van der Waals surface area contributed by atoms with Crippen LogP contribution in [0, 0.1) is 3.57 Å². The number of rotatable bonds is 5. The van der Waals surface area contributed by atoms with Gasteiger partial charge in [-0.1, -0.05) is 68.1 Å². The second-order valence-electron chi connectivity index (χ2n) is 4.73. The van der Waals surface area contributed by atoms with Gasteiger partial charge in [0.15, 0.2) is 0 Å². The minimum absolute atomic E-state index is 0.429. The Hall–Kier alpha value is -1.35. The van der Waals surface area contributed by atoms with Gasteiger partial charge in [0.1, 0.15) is 0 Å². The molecule has 0 fully saturated rings. The van der Waals surface area contributed by atoms with Crippen molar-refractivity contribution in [3.05, 3.63) is 82.5 Å².